The second kappa shape index (κ2) is 6.33. The number of likely N-dealkylation sites (N-methyl/N-ethyl adjacent to an activating group) is 1. The molecule has 1 N–H and O–H groups in total. The molecule has 1 aromatic heterocycles. The number of ether oxygens (including phenoxy) is 1. The summed E-state index contributed by atoms with van der Waals surface area (Å²) in [5, 5.41) is 4.70. The highest BCUT2D eigenvalue weighted by Crippen LogP contribution is 2.22. The fourth-order valence-corrected chi connectivity index (χ4v) is 3.07. The number of hydrogen-bond acceptors (Lipinski definition) is 3. The lowest BCUT2D eigenvalue weighted by Crippen LogP contribution is -2.42. The molecule has 3 heteroatoms. The van der Waals surface area contributed by atoms with Crippen molar-refractivity contribution in [1.82, 2.24) is 10.3 Å². The van der Waals surface area contributed by atoms with E-state index in [-0.39, 0.29) is 0 Å². The summed E-state index contributed by atoms with van der Waals surface area (Å²) in [6, 6.07) is 10.9. The smallest absolute Gasteiger partial charge is 0.0731 e. The predicted molar refractivity (Wildman–Crippen MR) is 81.9 cm³/mol. The Bertz CT molecular complexity index is 558. The van der Waals surface area contributed by atoms with E-state index in [2.05, 4.69) is 34.6 Å². The van der Waals surface area contributed by atoms with Crippen molar-refractivity contribution < 1.29 is 4.74 Å². The third kappa shape index (κ3) is 2.84. The van der Waals surface area contributed by atoms with Crippen LogP contribution in [-0.4, -0.2) is 30.8 Å². The maximum Gasteiger partial charge on any atom is 0.0731 e. The first-order chi connectivity index (χ1) is 9.88. The maximum absolute atomic E-state index is 5.94. The molecule has 1 saturated heterocycles. The minimum atomic E-state index is 0.334. The van der Waals surface area contributed by atoms with Gasteiger partial charge in [0, 0.05) is 24.2 Å². The predicted octanol–water partition coefficient (Wildman–Crippen LogP) is 2.93. The van der Waals surface area contributed by atoms with Gasteiger partial charge in [0.15, 0.2) is 0 Å². The molecule has 3 rings (SSSR count). The van der Waals surface area contributed by atoms with Gasteiger partial charge in [0.25, 0.3) is 0 Å². The molecule has 2 heterocycles. The monoisotopic (exact) mass is 270 g/mol. The van der Waals surface area contributed by atoms with Gasteiger partial charge in [0.2, 0.25) is 0 Å². The Balaban J connectivity index is 1.83. The Morgan fingerprint density at radius 3 is 3.00 bits per heavy atom. The van der Waals surface area contributed by atoms with Crippen molar-refractivity contribution in [3.05, 3.63) is 42.1 Å². The molecule has 1 aromatic carbocycles. The van der Waals surface area contributed by atoms with Crippen molar-refractivity contribution >= 4 is 10.9 Å². The molecule has 1 aliphatic heterocycles. The summed E-state index contributed by atoms with van der Waals surface area (Å²) in [6.45, 7) is 0.903. The average molecular weight is 270 g/mol. The van der Waals surface area contributed by atoms with Crippen molar-refractivity contribution in [2.45, 2.75) is 37.8 Å². The second-order valence-corrected chi connectivity index (χ2v) is 5.49. The molecule has 0 spiro atoms. The van der Waals surface area contributed by atoms with Gasteiger partial charge >= 0.3 is 0 Å². The van der Waals surface area contributed by atoms with Gasteiger partial charge in [-0.25, -0.2) is 0 Å². The largest absolute Gasteiger partial charge is 0.377 e. The minimum absolute atomic E-state index is 0.334. The third-order valence-corrected chi connectivity index (χ3v) is 4.21. The summed E-state index contributed by atoms with van der Waals surface area (Å²) in [5.74, 6) is 0. The number of nitrogens with zero attached hydrogens (tertiary/aromatic N) is 1. The molecule has 0 saturated carbocycles. The van der Waals surface area contributed by atoms with Crippen LogP contribution in [0.5, 0.6) is 0 Å². The van der Waals surface area contributed by atoms with Crippen molar-refractivity contribution in [3.8, 4) is 0 Å². The number of nitrogens with one attached hydrogen (secondary N) is 1. The van der Waals surface area contributed by atoms with Crippen LogP contribution in [-0.2, 0) is 11.2 Å². The summed E-state index contributed by atoms with van der Waals surface area (Å²) >= 11 is 0. The zero-order valence-corrected chi connectivity index (χ0v) is 12.0. The molecule has 2 unspecified atom stereocenters. The van der Waals surface area contributed by atoms with Crippen LogP contribution in [0.15, 0.2) is 36.5 Å². The second-order valence-electron chi connectivity index (χ2n) is 5.49. The first-order valence-corrected chi connectivity index (χ1v) is 7.50. The van der Waals surface area contributed by atoms with E-state index in [0.717, 1.165) is 25.0 Å². The molecular weight excluding hydrogens is 248 g/mol. The quantitative estimate of drug-likeness (QED) is 0.927. The van der Waals surface area contributed by atoms with Gasteiger partial charge in [-0.2, -0.15) is 0 Å². The molecular formula is C17H22N2O. The fraction of sp³-hybridized carbons (Fsp3) is 0.471. The lowest BCUT2D eigenvalue weighted by Gasteiger charge is -2.30. The number of para-hydroxylation sites is 1. The molecule has 0 radical (unpaired) electrons. The lowest BCUT2D eigenvalue weighted by atomic mass is 9.94. The summed E-state index contributed by atoms with van der Waals surface area (Å²) in [6.07, 6.45) is 6.87. The third-order valence-electron chi connectivity index (χ3n) is 4.21. The van der Waals surface area contributed by atoms with Crippen molar-refractivity contribution in [3.63, 3.8) is 0 Å². The van der Waals surface area contributed by atoms with Crippen LogP contribution in [0.3, 0.4) is 0 Å². The zero-order chi connectivity index (χ0) is 13.8. The normalized spacial score (nSPS) is 20.9. The highest BCUT2D eigenvalue weighted by Gasteiger charge is 2.23. The molecule has 106 valence electrons. The van der Waals surface area contributed by atoms with E-state index in [1.54, 1.807) is 0 Å². The van der Waals surface area contributed by atoms with Gasteiger partial charge in [-0.3, -0.25) is 4.98 Å². The van der Waals surface area contributed by atoms with E-state index in [1.165, 1.54) is 23.8 Å². The van der Waals surface area contributed by atoms with Gasteiger partial charge in [-0.05, 0) is 50.4 Å². The highest BCUT2D eigenvalue weighted by atomic mass is 16.5. The van der Waals surface area contributed by atoms with E-state index in [4.69, 9.17) is 4.74 Å². The van der Waals surface area contributed by atoms with Crippen LogP contribution < -0.4 is 5.32 Å². The molecule has 0 amide bonds. The Labute approximate surface area is 120 Å². The van der Waals surface area contributed by atoms with Crippen LogP contribution in [0.1, 0.15) is 24.8 Å². The van der Waals surface area contributed by atoms with Crippen molar-refractivity contribution in [1.29, 1.82) is 0 Å². The van der Waals surface area contributed by atoms with E-state index >= 15 is 0 Å². The summed E-state index contributed by atoms with van der Waals surface area (Å²) in [5.41, 5.74) is 2.42. The van der Waals surface area contributed by atoms with Gasteiger partial charge in [0.1, 0.15) is 0 Å². The Kier molecular flexibility index (Phi) is 4.28. The number of fused-ring (bicyclic) bond motifs is 1. The standard InChI is InChI=1S/C17H22N2O/c1-18-16(17-8-4-5-11-20-17)12-13-9-10-19-15-7-3-2-6-14(13)15/h2-3,6-7,9-10,16-18H,4-5,8,11-12H2,1H3. The van der Waals surface area contributed by atoms with Gasteiger partial charge in [-0.1, -0.05) is 18.2 Å². The molecule has 3 nitrogen and oxygen atoms in total. The lowest BCUT2D eigenvalue weighted by molar-refractivity contribution is -0.00581. The van der Waals surface area contributed by atoms with Crippen LogP contribution in [0, 0.1) is 0 Å². The highest BCUT2D eigenvalue weighted by molar-refractivity contribution is 5.81. The molecule has 2 atom stereocenters. The van der Waals surface area contributed by atoms with Crippen LogP contribution in [0.4, 0.5) is 0 Å². The van der Waals surface area contributed by atoms with E-state index in [1.807, 2.05) is 19.3 Å². The number of rotatable bonds is 4. The first kappa shape index (κ1) is 13.5. The van der Waals surface area contributed by atoms with E-state index in [9.17, 15) is 0 Å². The van der Waals surface area contributed by atoms with Gasteiger partial charge < -0.3 is 10.1 Å². The number of aromatic nitrogens is 1. The summed E-state index contributed by atoms with van der Waals surface area (Å²) < 4.78 is 5.94. The summed E-state index contributed by atoms with van der Waals surface area (Å²) in [4.78, 5) is 4.44. The molecule has 1 aliphatic rings. The van der Waals surface area contributed by atoms with Gasteiger partial charge in [-0.15, -0.1) is 0 Å². The Hall–Kier alpha value is -1.45. The van der Waals surface area contributed by atoms with Crippen LogP contribution >= 0.6 is 0 Å². The molecule has 1 fully saturated rings. The topological polar surface area (TPSA) is 34.2 Å². The molecule has 2 aromatic rings. The Morgan fingerprint density at radius 1 is 1.30 bits per heavy atom. The molecule has 0 aliphatic carbocycles. The van der Waals surface area contributed by atoms with Crippen molar-refractivity contribution in [2.24, 2.45) is 0 Å². The first-order valence-electron chi connectivity index (χ1n) is 7.50. The maximum atomic E-state index is 5.94. The van der Waals surface area contributed by atoms with Gasteiger partial charge in [0.05, 0.1) is 11.6 Å². The number of benzene rings is 1. The van der Waals surface area contributed by atoms with Crippen LogP contribution in [0.25, 0.3) is 10.9 Å². The SMILES string of the molecule is CNC(Cc1ccnc2ccccc12)C1CCCCO1. The van der Waals surface area contributed by atoms with E-state index < -0.39 is 0 Å². The van der Waals surface area contributed by atoms with Crippen molar-refractivity contribution in [2.75, 3.05) is 13.7 Å². The van der Waals surface area contributed by atoms with E-state index in [0.29, 0.717) is 12.1 Å². The average Bonchev–Trinajstić information content (AvgIpc) is 2.53. The fourth-order valence-electron chi connectivity index (χ4n) is 3.07. The zero-order valence-electron chi connectivity index (χ0n) is 12.0. The molecule has 20 heavy (non-hydrogen) atoms. The minimum Gasteiger partial charge on any atom is -0.377 e. The number of pyridine rings is 1. The van der Waals surface area contributed by atoms with Crippen LogP contribution in [0.2, 0.25) is 0 Å². The summed E-state index contributed by atoms with van der Waals surface area (Å²) in [7, 11) is 2.03. The Morgan fingerprint density at radius 2 is 2.20 bits per heavy atom. The number of hydrogen-bond donors (Lipinski definition) is 1. The molecule has 0 bridgehead atoms.